The lowest BCUT2D eigenvalue weighted by Gasteiger charge is -2.04. The monoisotopic (exact) mass is 632 g/mol. The third-order valence-electron chi connectivity index (χ3n) is 8.23. The minimum atomic E-state index is -0.432. The molecule has 0 saturated carbocycles. The lowest BCUT2D eigenvalue weighted by Crippen LogP contribution is -2.20. The van der Waals surface area contributed by atoms with Crippen molar-refractivity contribution in [2.24, 2.45) is 24.3 Å². The van der Waals surface area contributed by atoms with Crippen LogP contribution in [0.3, 0.4) is 0 Å². The van der Waals surface area contributed by atoms with E-state index in [2.05, 4.69) is 63.5 Å². The van der Waals surface area contributed by atoms with Crippen molar-refractivity contribution in [1.29, 1.82) is 0 Å². The number of carbonyl (C=O) groups is 2. The summed E-state index contributed by atoms with van der Waals surface area (Å²) in [7, 11) is 4.07. The molecule has 2 N–H and O–H groups in total. The van der Waals surface area contributed by atoms with Crippen LogP contribution in [-0.2, 0) is 14.1 Å². The summed E-state index contributed by atoms with van der Waals surface area (Å²) >= 11 is 0. The number of rotatable bonds is 8. The molecule has 48 heavy (non-hydrogen) atoms. The Balaban J connectivity index is 0.940. The summed E-state index contributed by atoms with van der Waals surface area (Å²) < 4.78 is 8.43. The van der Waals surface area contributed by atoms with Crippen molar-refractivity contribution in [1.82, 2.24) is 20.0 Å². The second-order valence-electron chi connectivity index (χ2n) is 11.3. The molecule has 234 valence electrons. The minimum absolute atomic E-state index is 0.300. The minimum Gasteiger partial charge on any atom is -0.267 e. The van der Waals surface area contributed by atoms with Gasteiger partial charge in [-0.2, -0.15) is 10.2 Å². The number of benzene rings is 3. The molecule has 7 aromatic rings. The number of carbonyl (C=O) groups excluding carboxylic acids is 2. The van der Waals surface area contributed by atoms with Gasteiger partial charge in [0.25, 0.3) is 23.1 Å². The van der Waals surface area contributed by atoms with Crippen LogP contribution < -0.4 is 19.7 Å². The van der Waals surface area contributed by atoms with Gasteiger partial charge < -0.3 is 0 Å². The third kappa shape index (κ3) is 6.10. The summed E-state index contributed by atoms with van der Waals surface area (Å²) in [5.41, 5.74) is 13.8. The van der Waals surface area contributed by atoms with Crippen LogP contribution in [0.25, 0.3) is 33.8 Å². The van der Waals surface area contributed by atoms with Crippen molar-refractivity contribution in [2.45, 2.75) is 0 Å². The molecule has 10 nitrogen and oxygen atoms in total. The number of hydrogen-bond acceptors (Lipinski definition) is 4. The SMILES string of the molecule is Cn1c(-c2ccc(C=NNC(=O)c3cccc(C(=O)NN=Cc4ccc(-c5c[n+]6ccccc6n5C)cc4)c3)cc2)c[n+]2ccccc12. The Kier molecular flexibility index (Phi) is 8.11. The molecule has 10 heteroatoms. The first-order valence-electron chi connectivity index (χ1n) is 15.3. The van der Waals surface area contributed by atoms with Gasteiger partial charge in [0.2, 0.25) is 0 Å². The van der Waals surface area contributed by atoms with E-state index in [1.807, 2.05) is 99.3 Å². The van der Waals surface area contributed by atoms with Crippen LogP contribution in [0.4, 0.5) is 0 Å². The highest BCUT2D eigenvalue weighted by Gasteiger charge is 2.16. The maximum Gasteiger partial charge on any atom is 0.286 e. The molecule has 0 aliphatic heterocycles. The maximum atomic E-state index is 12.8. The van der Waals surface area contributed by atoms with Gasteiger partial charge >= 0.3 is 0 Å². The molecule has 7 rings (SSSR count). The highest BCUT2D eigenvalue weighted by atomic mass is 16.2. The number of fused-ring (bicyclic) bond motifs is 2. The molecule has 0 bridgehead atoms. The van der Waals surface area contributed by atoms with E-state index in [0.717, 1.165) is 44.9 Å². The lowest BCUT2D eigenvalue weighted by molar-refractivity contribution is -0.510. The van der Waals surface area contributed by atoms with E-state index in [4.69, 9.17) is 0 Å². The Morgan fingerprint density at radius 3 is 1.44 bits per heavy atom. The first-order chi connectivity index (χ1) is 23.4. The van der Waals surface area contributed by atoms with Crippen molar-refractivity contribution >= 4 is 35.5 Å². The zero-order chi connectivity index (χ0) is 33.0. The summed E-state index contributed by atoms with van der Waals surface area (Å²) in [6.45, 7) is 0. The number of aryl methyl sites for hydroxylation is 2. The Bertz CT molecular complexity index is 2190. The van der Waals surface area contributed by atoms with Crippen molar-refractivity contribution in [2.75, 3.05) is 0 Å². The fraction of sp³-hybridized carbons (Fsp3) is 0.0526. The summed E-state index contributed by atoms with van der Waals surface area (Å²) in [4.78, 5) is 25.6. The van der Waals surface area contributed by atoms with E-state index in [1.54, 1.807) is 30.6 Å². The molecular formula is C38H32N8O2+2. The lowest BCUT2D eigenvalue weighted by atomic mass is 10.1. The van der Waals surface area contributed by atoms with Gasteiger partial charge in [-0.1, -0.05) is 42.5 Å². The van der Waals surface area contributed by atoms with Crippen LogP contribution in [0.1, 0.15) is 31.8 Å². The highest BCUT2D eigenvalue weighted by molar-refractivity contribution is 6.00. The molecule has 0 aliphatic rings. The predicted molar refractivity (Wildman–Crippen MR) is 185 cm³/mol. The number of nitrogens with one attached hydrogen (secondary N) is 2. The average Bonchev–Trinajstić information content (AvgIpc) is 3.65. The number of imidazole rings is 2. The maximum absolute atomic E-state index is 12.8. The van der Waals surface area contributed by atoms with Crippen molar-refractivity contribution in [3.63, 3.8) is 0 Å². The third-order valence-corrected chi connectivity index (χ3v) is 8.23. The van der Waals surface area contributed by atoms with Gasteiger partial charge in [-0.15, -0.1) is 0 Å². The Labute approximate surface area is 276 Å². The van der Waals surface area contributed by atoms with Crippen molar-refractivity contribution in [3.8, 4) is 22.5 Å². The molecule has 0 aliphatic carbocycles. The van der Waals surface area contributed by atoms with E-state index in [0.29, 0.717) is 11.1 Å². The van der Waals surface area contributed by atoms with Crippen LogP contribution >= 0.6 is 0 Å². The number of aromatic nitrogens is 4. The summed E-state index contributed by atoms with van der Waals surface area (Å²) in [6.07, 6.45) is 11.4. The van der Waals surface area contributed by atoms with Gasteiger partial charge in [0.05, 0.1) is 38.9 Å². The van der Waals surface area contributed by atoms with Crippen LogP contribution in [0, 0.1) is 0 Å². The second-order valence-corrected chi connectivity index (χ2v) is 11.3. The molecule has 0 radical (unpaired) electrons. The fourth-order valence-corrected chi connectivity index (χ4v) is 5.64. The van der Waals surface area contributed by atoms with E-state index in [-0.39, 0.29) is 0 Å². The average molecular weight is 633 g/mol. The van der Waals surface area contributed by atoms with Crippen LogP contribution in [0.5, 0.6) is 0 Å². The molecule has 3 aromatic carbocycles. The molecule has 0 atom stereocenters. The van der Waals surface area contributed by atoms with Gasteiger partial charge in [-0.05, 0) is 65.7 Å². The summed E-state index contributed by atoms with van der Waals surface area (Å²) in [5.74, 6) is -0.865. The largest absolute Gasteiger partial charge is 0.286 e. The number of nitrogens with zero attached hydrogens (tertiary/aromatic N) is 6. The molecule has 0 saturated heterocycles. The zero-order valence-corrected chi connectivity index (χ0v) is 26.4. The standard InChI is InChI=1S/C38H30N8O2/c1-43-33(25-45-20-5-3-10-35(43)45)29-16-12-27(13-17-29)23-39-41-37(47)31-8-7-9-32(22-31)38(48)42-40-24-28-14-18-30(19-15-28)34-26-46-21-6-4-11-36(46)44(34)2/h3-26H,1-2H3/p+2. The van der Waals surface area contributed by atoms with Gasteiger partial charge in [-0.3, -0.25) is 9.59 Å². The quantitative estimate of drug-likeness (QED) is 0.144. The first kappa shape index (κ1) is 30.0. The number of amides is 2. The van der Waals surface area contributed by atoms with E-state index >= 15 is 0 Å². The Morgan fingerprint density at radius 2 is 1.02 bits per heavy atom. The molecule has 0 unspecified atom stereocenters. The van der Waals surface area contributed by atoms with E-state index < -0.39 is 11.8 Å². The molecule has 0 spiro atoms. The van der Waals surface area contributed by atoms with E-state index in [1.165, 1.54) is 6.07 Å². The zero-order valence-electron chi connectivity index (χ0n) is 26.4. The normalized spacial score (nSPS) is 11.5. The second kappa shape index (κ2) is 13.0. The number of hydrazone groups is 2. The topological polar surface area (TPSA) is 101 Å². The fourth-order valence-electron chi connectivity index (χ4n) is 5.64. The molecular weight excluding hydrogens is 600 g/mol. The van der Waals surface area contributed by atoms with Crippen LogP contribution in [0.2, 0.25) is 0 Å². The van der Waals surface area contributed by atoms with Crippen molar-refractivity contribution < 1.29 is 18.4 Å². The van der Waals surface area contributed by atoms with Gasteiger partial charge in [0, 0.05) is 34.4 Å². The Hall–Kier alpha value is -6.68. The van der Waals surface area contributed by atoms with E-state index in [9.17, 15) is 9.59 Å². The van der Waals surface area contributed by atoms with Gasteiger partial charge in [0.15, 0.2) is 11.4 Å². The molecule has 2 amide bonds. The van der Waals surface area contributed by atoms with Crippen LogP contribution in [0.15, 0.2) is 144 Å². The van der Waals surface area contributed by atoms with Gasteiger partial charge in [-0.25, -0.2) is 28.8 Å². The predicted octanol–water partition coefficient (Wildman–Crippen LogP) is 4.70. The first-order valence-corrected chi connectivity index (χ1v) is 15.3. The highest BCUT2D eigenvalue weighted by Crippen LogP contribution is 2.21. The van der Waals surface area contributed by atoms with Gasteiger partial charge in [0.1, 0.15) is 12.4 Å². The number of pyridine rings is 2. The van der Waals surface area contributed by atoms with Crippen LogP contribution in [-0.4, -0.2) is 33.4 Å². The number of hydrogen-bond donors (Lipinski definition) is 2. The molecule has 4 heterocycles. The molecule has 0 fully saturated rings. The van der Waals surface area contributed by atoms with Crippen molar-refractivity contribution in [3.05, 3.63) is 156 Å². The molecule has 4 aromatic heterocycles. The smallest absolute Gasteiger partial charge is 0.267 e. The summed E-state index contributed by atoms with van der Waals surface area (Å²) in [5, 5.41) is 8.22. The Morgan fingerprint density at radius 1 is 0.583 bits per heavy atom. The summed E-state index contributed by atoms with van der Waals surface area (Å²) in [6, 6.07) is 34.4.